The van der Waals surface area contributed by atoms with Gasteiger partial charge in [0.25, 0.3) is 0 Å². The number of carbonyl (C=O) groups is 1. The first-order chi connectivity index (χ1) is 16.1. The van der Waals surface area contributed by atoms with Gasteiger partial charge in [0.1, 0.15) is 22.9 Å². The van der Waals surface area contributed by atoms with Gasteiger partial charge in [-0.25, -0.2) is 14.8 Å². The Hall–Kier alpha value is -1.93. The predicted molar refractivity (Wildman–Crippen MR) is 135 cm³/mol. The minimum Gasteiger partial charge on any atom is -0.474 e. The molecule has 4 rings (SSSR count). The molecule has 1 saturated carbocycles. The van der Waals surface area contributed by atoms with Gasteiger partial charge in [0.2, 0.25) is 5.88 Å². The molecule has 188 valence electrons. The lowest BCUT2D eigenvalue weighted by molar-refractivity contribution is 0.0355. The Bertz CT molecular complexity index is 1010. The normalized spacial score (nSPS) is 25.7. The summed E-state index contributed by atoms with van der Waals surface area (Å²) in [6.45, 7) is 9.79. The maximum absolute atomic E-state index is 12.4. The van der Waals surface area contributed by atoms with Crippen molar-refractivity contribution in [1.29, 1.82) is 0 Å². The molecule has 0 aromatic carbocycles. The molecule has 0 aliphatic heterocycles. The van der Waals surface area contributed by atoms with Gasteiger partial charge in [0.15, 0.2) is 0 Å². The summed E-state index contributed by atoms with van der Waals surface area (Å²) in [4.78, 5) is 23.9. The topological polar surface area (TPSA) is 93.6 Å². The van der Waals surface area contributed by atoms with Crippen molar-refractivity contribution < 1.29 is 19.4 Å². The van der Waals surface area contributed by atoms with E-state index in [0.29, 0.717) is 11.8 Å². The summed E-state index contributed by atoms with van der Waals surface area (Å²) in [5, 5.41) is 14.5. The van der Waals surface area contributed by atoms with Gasteiger partial charge < -0.3 is 19.9 Å². The maximum atomic E-state index is 12.4. The molecule has 2 N–H and O–H groups in total. The van der Waals surface area contributed by atoms with Gasteiger partial charge in [-0.1, -0.05) is 13.8 Å². The van der Waals surface area contributed by atoms with Gasteiger partial charge in [0, 0.05) is 10.4 Å². The molecule has 2 aliphatic rings. The number of rotatable bonds is 7. The predicted octanol–water partition coefficient (Wildman–Crippen LogP) is 5.88. The summed E-state index contributed by atoms with van der Waals surface area (Å²) in [5.41, 5.74) is 0.533. The van der Waals surface area contributed by atoms with E-state index in [4.69, 9.17) is 9.47 Å². The zero-order valence-corrected chi connectivity index (χ0v) is 22.0. The van der Waals surface area contributed by atoms with Crippen molar-refractivity contribution in [2.45, 2.75) is 122 Å². The minimum atomic E-state index is -0.510. The van der Waals surface area contributed by atoms with Gasteiger partial charge in [0.05, 0.1) is 11.5 Å². The lowest BCUT2D eigenvalue weighted by Gasteiger charge is -2.40. The van der Waals surface area contributed by atoms with Crippen molar-refractivity contribution in [2.24, 2.45) is 0 Å². The second kappa shape index (κ2) is 9.97. The molecule has 0 bridgehead atoms. The van der Waals surface area contributed by atoms with Gasteiger partial charge in [-0.05, 0) is 90.0 Å². The highest BCUT2D eigenvalue weighted by molar-refractivity contribution is 7.19. The summed E-state index contributed by atoms with van der Waals surface area (Å²) in [6.07, 6.45) is 8.92. The number of hydrogen-bond donors (Lipinski definition) is 2. The Balaban J connectivity index is 1.47. The van der Waals surface area contributed by atoms with Gasteiger partial charge in [-0.2, -0.15) is 0 Å². The monoisotopic (exact) mass is 489 g/mol. The van der Waals surface area contributed by atoms with Crippen molar-refractivity contribution in [2.75, 3.05) is 0 Å². The van der Waals surface area contributed by atoms with Crippen LogP contribution >= 0.6 is 11.3 Å². The summed E-state index contributed by atoms with van der Waals surface area (Å²) in [6, 6.07) is 0. The van der Waals surface area contributed by atoms with E-state index >= 15 is 0 Å². The van der Waals surface area contributed by atoms with Crippen LogP contribution in [0.2, 0.25) is 0 Å². The molecule has 1 fully saturated rings. The smallest absolute Gasteiger partial charge is 0.408 e. The number of aliphatic hydroxyl groups is 1. The zero-order valence-electron chi connectivity index (χ0n) is 21.1. The lowest BCUT2D eigenvalue weighted by atomic mass is 9.78. The minimum absolute atomic E-state index is 0.0508. The number of hydrogen-bond acceptors (Lipinski definition) is 7. The number of nitrogens with one attached hydrogen (secondary N) is 1. The van der Waals surface area contributed by atoms with E-state index in [1.54, 1.807) is 17.7 Å². The SMILES string of the molecule is CC[C@@H](O)C[C@H]1CCc2sc3ncnc(O[C@H]4CC[C@](CC)(NC(=O)OC(C)(C)C)CC4)c3c21. The number of alkyl carbamates (subject to hydrolysis) is 1. The fourth-order valence-corrected chi connectivity index (χ4v) is 6.60. The van der Waals surface area contributed by atoms with Crippen LogP contribution in [0.3, 0.4) is 0 Å². The van der Waals surface area contributed by atoms with E-state index in [0.717, 1.165) is 68.0 Å². The van der Waals surface area contributed by atoms with Gasteiger partial charge in [-0.3, -0.25) is 0 Å². The molecule has 2 heterocycles. The quantitative estimate of drug-likeness (QED) is 0.505. The molecular weight excluding hydrogens is 450 g/mol. The third kappa shape index (κ3) is 5.48. The van der Waals surface area contributed by atoms with Crippen LogP contribution in [0.25, 0.3) is 10.2 Å². The molecule has 2 atom stereocenters. The summed E-state index contributed by atoms with van der Waals surface area (Å²) >= 11 is 1.74. The third-order valence-electron chi connectivity index (χ3n) is 7.33. The number of nitrogens with zero attached hydrogens (tertiary/aromatic N) is 2. The Morgan fingerprint density at radius 2 is 2.00 bits per heavy atom. The number of amides is 1. The molecular formula is C26H39N3O4S. The highest BCUT2D eigenvalue weighted by Crippen LogP contribution is 2.48. The Kier molecular flexibility index (Phi) is 7.38. The fourth-order valence-electron chi connectivity index (χ4n) is 5.37. The Morgan fingerprint density at radius 1 is 1.26 bits per heavy atom. The Morgan fingerprint density at radius 3 is 2.65 bits per heavy atom. The molecule has 0 unspecified atom stereocenters. The van der Waals surface area contributed by atoms with Crippen LogP contribution in [-0.4, -0.2) is 44.5 Å². The maximum Gasteiger partial charge on any atom is 0.408 e. The Labute approximate surface area is 206 Å². The van der Waals surface area contributed by atoms with E-state index in [9.17, 15) is 9.90 Å². The number of fused-ring (bicyclic) bond motifs is 3. The highest BCUT2D eigenvalue weighted by atomic mass is 32.1. The molecule has 2 aromatic heterocycles. The van der Waals surface area contributed by atoms with Crippen LogP contribution < -0.4 is 10.1 Å². The average molecular weight is 490 g/mol. The van der Waals surface area contributed by atoms with E-state index < -0.39 is 5.60 Å². The second-order valence-electron chi connectivity index (χ2n) is 10.9. The first-order valence-corrected chi connectivity index (χ1v) is 13.6. The number of aromatic nitrogens is 2. The number of carbonyl (C=O) groups excluding carboxylic acids is 1. The van der Waals surface area contributed by atoms with Crippen LogP contribution in [-0.2, 0) is 11.2 Å². The molecule has 0 spiro atoms. The van der Waals surface area contributed by atoms with Gasteiger partial charge in [-0.15, -0.1) is 11.3 Å². The standard InChI is InChI=1S/C26H39N3O4S/c1-6-17(30)14-16-8-9-19-20(16)21-22(27-15-28-23(21)34-19)32-18-10-12-26(7-2,13-11-18)29-24(31)33-25(3,4)5/h15-18,30H,6-14H2,1-5H3,(H,29,31)/t16-,17-,18-,26-/m1/s1. The van der Waals surface area contributed by atoms with Crippen LogP contribution in [0.4, 0.5) is 4.79 Å². The first-order valence-electron chi connectivity index (χ1n) is 12.7. The third-order valence-corrected chi connectivity index (χ3v) is 8.51. The van der Waals surface area contributed by atoms with Crippen molar-refractivity contribution in [3.05, 3.63) is 16.8 Å². The van der Waals surface area contributed by atoms with Crippen LogP contribution in [0.5, 0.6) is 5.88 Å². The lowest BCUT2D eigenvalue weighted by Crippen LogP contribution is -2.52. The number of aryl methyl sites for hydroxylation is 1. The van der Waals surface area contributed by atoms with E-state index in [2.05, 4.69) is 22.2 Å². The summed E-state index contributed by atoms with van der Waals surface area (Å²) in [5.74, 6) is 1.01. The van der Waals surface area contributed by atoms with E-state index in [-0.39, 0.29) is 23.8 Å². The van der Waals surface area contributed by atoms with Crippen molar-refractivity contribution in [1.82, 2.24) is 15.3 Å². The fraction of sp³-hybridized carbons (Fsp3) is 0.731. The highest BCUT2D eigenvalue weighted by Gasteiger charge is 2.38. The number of thiophene rings is 1. The van der Waals surface area contributed by atoms with Crippen LogP contribution in [0.15, 0.2) is 6.33 Å². The molecule has 7 nitrogen and oxygen atoms in total. The molecule has 1 amide bonds. The molecule has 2 aromatic rings. The van der Waals surface area contributed by atoms with E-state index in [1.165, 1.54) is 10.4 Å². The molecule has 0 saturated heterocycles. The molecule has 34 heavy (non-hydrogen) atoms. The first kappa shape index (κ1) is 25.2. The molecule has 2 aliphatic carbocycles. The zero-order chi connectivity index (χ0) is 24.5. The van der Waals surface area contributed by atoms with E-state index in [1.807, 2.05) is 27.7 Å². The van der Waals surface area contributed by atoms with Crippen molar-refractivity contribution in [3.63, 3.8) is 0 Å². The number of ether oxygens (including phenoxy) is 2. The summed E-state index contributed by atoms with van der Waals surface area (Å²) in [7, 11) is 0. The van der Waals surface area contributed by atoms with Crippen molar-refractivity contribution >= 4 is 27.6 Å². The van der Waals surface area contributed by atoms with Crippen LogP contribution in [0, 0.1) is 0 Å². The van der Waals surface area contributed by atoms with Crippen LogP contribution in [0.1, 0.15) is 102 Å². The average Bonchev–Trinajstić information content (AvgIpc) is 3.34. The summed E-state index contributed by atoms with van der Waals surface area (Å²) < 4.78 is 12.0. The largest absolute Gasteiger partial charge is 0.474 e. The number of aliphatic hydroxyl groups excluding tert-OH is 1. The van der Waals surface area contributed by atoms with Crippen molar-refractivity contribution in [3.8, 4) is 5.88 Å². The molecule has 0 radical (unpaired) electrons. The second-order valence-corrected chi connectivity index (χ2v) is 12.0. The molecule has 8 heteroatoms. The van der Waals surface area contributed by atoms with Gasteiger partial charge >= 0.3 is 6.09 Å².